The molecule has 1 atom stereocenters. The summed E-state index contributed by atoms with van der Waals surface area (Å²) in [5.74, 6) is 1.92. The highest BCUT2D eigenvalue weighted by Crippen LogP contribution is 2.26. The van der Waals surface area contributed by atoms with Crippen LogP contribution in [0.3, 0.4) is 0 Å². The summed E-state index contributed by atoms with van der Waals surface area (Å²) in [6.07, 6.45) is 0.771. The molecule has 2 N–H and O–H groups in total. The summed E-state index contributed by atoms with van der Waals surface area (Å²) < 4.78 is 11.3. The lowest BCUT2D eigenvalue weighted by Crippen LogP contribution is -2.43. The maximum atomic E-state index is 11.9. The highest BCUT2D eigenvalue weighted by Gasteiger charge is 2.10. The third-order valence-electron chi connectivity index (χ3n) is 4.07. The number of thiophene rings is 1. The lowest BCUT2D eigenvalue weighted by molar-refractivity contribution is -0.127. The van der Waals surface area contributed by atoms with E-state index in [1.807, 2.05) is 37.3 Å². The molecule has 0 bridgehead atoms. The van der Waals surface area contributed by atoms with Crippen LogP contribution in [0, 0.1) is 0 Å². The Balaban J connectivity index is 0.00000450. The van der Waals surface area contributed by atoms with E-state index in [4.69, 9.17) is 9.47 Å². The van der Waals surface area contributed by atoms with Crippen molar-refractivity contribution in [1.82, 2.24) is 15.5 Å². The largest absolute Gasteiger partial charge is 0.493 e. The van der Waals surface area contributed by atoms with Crippen molar-refractivity contribution < 1.29 is 14.3 Å². The minimum atomic E-state index is -0.125. The van der Waals surface area contributed by atoms with E-state index in [1.54, 1.807) is 32.5 Å². The van der Waals surface area contributed by atoms with Crippen LogP contribution in [0.5, 0.6) is 11.5 Å². The predicted octanol–water partition coefficient (Wildman–Crippen LogP) is 3.01. The molecular formula is C21H31IN4O3S. The summed E-state index contributed by atoms with van der Waals surface area (Å²) in [7, 11) is 5.06. The zero-order chi connectivity index (χ0) is 21.1. The Morgan fingerprint density at radius 2 is 1.90 bits per heavy atom. The van der Waals surface area contributed by atoms with Gasteiger partial charge in [0.2, 0.25) is 5.91 Å². The lowest BCUT2D eigenvalue weighted by atomic mass is 10.3. The maximum absolute atomic E-state index is 11.9. The van der Waals surface area contributed by atoms with Crippen molar-refractivity contribution in [2.24, 2.45) is 4.99 Å². The number of hydrogen-bond donors (Lipinski definition) is 2. The van der Waals surface area contributed by atoms with Gasteiger partial charge in [0.25, 0.3) is 0 Å². The minimum absolute atomic E-state index is 0. The minimum Gasteiger partial charge on any atom is -0.493 e. The van der Waals surface area contributed by atoms with Gasteiger partial charge in [-0.05, 0) is 36.9 Å². The van der Waals surface area contributed by atoms with Gasteiger partial charge >= 0.3 is 0 Å². The number of benzene rings is 1. The Kier molecular flexibility index (Phi) is 12.2. The number of carbonyl (C=O) groups excluding carboxylic acids is 1. The first-order valence-corrected chi connectivity index (χ1v) is 10.4. The van der Waals surface area contributed by atoms with Crippen LogP contribution in [0.4, 0.5) is 0 Å². The Labute approximate surface area is 199 Å². The van der Waals surface area contributed by atoms with Crippen molar-refractivity contribution in [2.45, 2.75) is 19.4 Å². The Hall–Kier alpha value is -2.01. The first kappa shape index (κ1) is 26.0. The fourth-order valence-electron chi connectivity index (χ4n) is 2.44. The van der Waals surface area contributed by atoms with E-state index in [-0.39, 0.29) is 42.5 Å². The molecule has 2 aromatic rings. The molecule has 9 heteroatoms. The van der Waals surface area contributed by atoms with Gasteiger partial charge in [-0.25, -0.2) is 4.99 Å². The highest BCUT2D eigenvalue weighted by molar-refractivity contribution is 14.0. The van der Waals surface area contributed by atoms with Crippen molar-refractivity contribution in [3.8, 4) is 11.5 Å². The number of para-hydroxylation sites is 2. The number of ether oxygens (including phenoxy) is 2. The van der Waals surface area contributed by atoms with Crippen LogP contribution in [0.15, 0.2) is 46.8 Å². The molecule has 0 aliphatic heterocycles. The molecule has 1 amide bonds. The molecule has 1 heterocycles. The molecule has 166 valence electrons. The SMILES string of the molecule is COc1ccccc1OC(C)CNC(=NCC(=O)N(C)C)NCCc1cccs1.I. The predicted molar refractivity (Wildman–Crippen MR) is 134 cm³/mol. The van der Waals surface area contributed by atoms with Gasteiger partial charge in [-0.3, -0.25) is 4.79 Å². The van der Waals surface area contributed by atoms with E-state index in [0.29, 0.717) is 24.0 Å². The quantitative estimate of drug-likeness (QED) is 0.272. The molecule has 0 saturated heterocycles. The number of rotatable bonds is 10. The molecule has 1 unspecified atom stereocenters. The van der Waals surface area contributed by atoms with Gasteiger partial charge in [-0.1, -0.05) is 18.2 Å². The maximum Gasteiger partial charge on any atom is 0.243 e. The lowest BCUT2D eigenvalue weighted by Gasteiger charge is -2.19. The molecule has 0 fully saturated rings. The van der Waals surface area contributed by atoms with Crippen molar-refractivity contribution in [3.63, 3.8) is 0 Å². The van der Waals surface area contributed by atoms with Gasteiger partial charge in [-0.15, -0.1) is 35.3 Å². The van der Waals surface area contributed by atoms with E-state index in [1.165, 1.54) is 9.78 Å². The molecule has 0 saturated carbocycles. The molecule has 0 radical (unpaired) electrons. The topological polar surface area (TPSA) is 75.2 Å². The number of nitrogens with one attached hydrogen (secondary N) is 2. The molecule has 0 aliphatic rings. The summed E-state index contributed by atoms with van der Waals surface area (Å²) in [5, 5.41) is 8.61. The molecule has 2 rings (SSSR count). The number of likely N-dealkylation sites (N-methyl/N-ethyl adjacent to an activating group) is 1. The third-order valence-corrected chi connectivity index (χ3v) is 5.01. The Bertz CT molecular complexity index is 784. The van der Waals surface area contributed by atoms with E-state index in [9.17, 15) is 4.79 Å². The number of carbonyl (C=O) groups is 1. The van der Waals surface area contributed by atoms with E-state index >= 15 is 0 Å². The van der Waals surface area contributed by atoms with Crippen molar-refractivity contribution in [3.05, 3.63) is 46.7 Å². The zero-order valence-corrected chi connectivity index (χ0v) is 21.0. The Morgan fingerprint density at radius 1 is 1.17 bits per heavy atom. The molecule has 1 aromatic carbocycles. The molecule has 1 aromatic heterocycles. The summed E-state index contributed by atoms with van der Waals surface area (Å²) in [4.78, 5) is 19.1. The molecular weight excluding hydrogens is 515 g/mol. The number of halogens is 1. The second-order valence-electron chi connectivity index (χ2n) is 6.67. The first-order chi connectivity index (χ1) is 14.0. The zero-order valence-electron chi connectivity index (χ0n) is 17.9. The van der Waals surface area contributed by atoms with E-state index in [2.05, 4.69) is 27.1 Å². The third kappa shape index (κ3) is 9.21. The monoisotopic (exact) mass is 546 g/mol. The normalized spacial score (nSPS) is 11.8. The summed E-state index contributed by atoms with van der Waals surface area (Å²) in [6.45, 7) is 3.31. The van der Waals surface area contributed by atoms with Crippen LogP contribution in [0.1, 0.15) is 11.8 Å². The van der Waals surface area contributed by atoms with Crippen LogP contribution < -0.4 is 20.1 Å². The van der Waals surface area contributed by atoms with Crippen molar-refractivity contribution in [2.75, 3.05) is 40.8 Å². The molecule has 0 aliphatic carbocycles. The highest BCUT2D eigenvalue weighted by atomic mass is 127. The fraction of sp³-hybridized carbons (Fsp3) is 0.429. The fourth-order valence-corrected chi connectivity index (χ4v) is 3.15. The van der Waals surface area contributed by atoms with Crippen LogP contribution >= 0.6 is 35.3 Å². The number of nitrogens with zero attached hydrogens (tertiary/aromatic N) is 2. The molecule has 7 nitrogen and oxygen atoms in total. The van der Waals surface area contributed by atoms with Crippen molar-refractivity contribution in [1.29, 1.82) is 0 Å². The summed E-state index contributed by atoms with van der Waals surface area (Å²) >= 11 is 1.73. The van der Waals surface area contributed by atoms with E-state index in [0.717, 1.165) is 13.0 Å². The van der Waals surface area contributed by atoms with Gasteiger partial charge < -0.3 is 25.0 Å². The number of amides is 1. The first-order valence-electron chi connectivity index (χ1n) is 9.54. The summed E-state index contributed by atoms with van der Waals surface area (Å²) in [5.41, 5.74) is 0. The van der Waals surface area contributed by atoms with Gasteiger partial charge in [0.15, 0.2) is 17.5 Å². The van der Waals surface area contributed by atoms with Crippen LogP contribution in [0.25, 0.3) is 0 Å². The number of hydrogen-bond acceptors (Lipinski definition) is 5. The van der Waals surface area contributed by atoms with Gasteiger partial charge in [0.05, 0.1) is 13.7 Å². The van der Waals surface area contributed by atoms with Crippen LogP contribution in [-0.2, 0) is 11.2 Å². The number of guanidine groups is 1. The molecule has 0 spiro atoms. The standard InChI is InChI=1S/C21H30N4O3S.HI/c1-16(28-19-10-6-5-9-18(19)27-4)14-23-21(24-15-20(26)25(2)3)22-12-11-17-8-7-13-29-17;/h5-10,13,16H,11-12,14-15H2,1-4H3,(H2,22,23,24);1H. The van der Waals surface area contributed by atoms with E-state index < -0.39 is 0 Å². The van der Waals surface area contributed by atoms with Crippen LogP contribution in [-0.4, -0.2) is 63.7 Å². The van der Waals surface area contributed by atoms with Crippen LogP contribution in [0.2, 0.25) is 0 Å². The number of methoxy groups -OCH3 is 1. The number of aliphatic imine (C=N–C) groups is 1. The Morgan fingerprint density at radius 3 is 2.53 bits per heavy atom. The second-order valence-corrected chi connectivity index (χ2v) is 7.70. The summed E-state index contributed by atoms with van der Waals surface area (Å²) in [6, 6.07) is 11.7. The second kappa shape index (κ2) is 14.1. The molecule has 30 heavy (non-hydrogen) atoms. The smallest absolute Gasteiger partial charge is 0.243 e. The van der Waals surface area contributed by atoms with Crippen molar-refractivity contribution >= 4 is 47.2 Å². The average Bonchev–Trinajstić information content (AvgIpc) is 3.23. The van der Waals surface area contributed by atoms with Gasteiger partial charge in [0.1, 0.15) is 12.6 Å². The van der Waals surface area contributed by atoms with Gasteiger partial charge in [-0.2, -0.15) is 0 Å². The average molecular weight is 546 g/mol. The van der Waals surface area contributed by atoms with Gasteiger partial charge in [0, 0.05) is 25.5 Å².